The van der Waals surface area contributed by atoms with E-state index < -0.39 is 23.1 Å². The lowest BCUT2D eigenvalue weighted by Gasteiger charge is -2.37. The molecule has 36 heavy (non-hydrogen) atoms. The van der Waals surface area contributed by atoms with Crippen molar-refractivity contribution in [2.75, 3.05) is 13.1 Å². The summed E-state index contributed by atoms with van der Waals surface area (Å²) in [7, 11) is 0. The van der Waals surface area contributed by atoms with Gasteiger partial charge in [0.2, 0.25) is 11.8 Å². The van der Waals surface area contributed by atoms with Gasteiger partial charge in [-0.1, -0.05) is 44.2 Å². The number of aromatic nitrogens is 1. The summed E-state index contributed by atoms with van der Waals surface area (Å²) in [6, 6.07) is 15.5. The number of rotatable bonds is 4. The van der Waals surface area contributed by atoms with Gasteiger partial charge in [0.15, 0.2) is 6.19 Å². The van der Waals surface area contributed by atoms with Crippen molar-refractivity contribution < 1.29 is 18.7 Å². The number of amides is 2. The molecule has 5 rings (SSSR count). The van der Waals surface area contributed by atoms with E-state index in [4.69, 9.17) is 10.00 Å². The van der Waals surface area contributed by atoms with Crippen LogP contribution in [0.3, 0.4) is 0 Å². The fraction of sp³-hybridized carbons (Fsp3) is 0.286. The standard InChI is InChI=1S/C28H25FN4O3/c1-28(2,27(35)31-16-30)24-19-7-3-4-8-23(19)36-25-20(24)11-12-22(32-25)17-9-10-18(21(29)15-17)26(34)33-13-5-6-14-33/h3-4,7-12,15,24H,5-6,13-14H2,1-2H3,(H,31,35)/t24-/m0/s1. The number of hydrogen-bond donors (Lipinski definition) is 1. The summed E-state index contributed by atoms with van der Waals surface area (Å²) in [5.41, 5.74) is 1.55. The molecule has 1 atom stereocenters. The summed E-state index contributed by atoms with van der Waals surface area (Å²) in [6.45, 7) is 4.84. The molecule has 3 aromatic rings. The summed E-state index contributed by atoms with van der Waals surface area (Å²) >= 11 is 0. The monoisotopic (exact) mass is 484 g/mol. The highest BCUT2D eigenvalue weighted by atomic mass is 19.1. The average molecular weight is 485 g/mol. The van der Waals surface area contributed by atoms with E-state index in [0.717, 1.165) is 18.4 Å². The lowest BCUT2D eigenvalue weighted by atomic mass is 9.69. The lowest BCUT2D eigenvalue weighted by molar-refractivity contribution is -0.128. The summed E-state index contributed by atoms with van der Waals surface area (Å²) in [4.78, 5) is 31.8. The van der Waals surface area contributed by atoms with Gasteiger partial charge < -0.3 is 9.64 Å². The number of hydrogen-bond acceptors (Lipinski definition) is 5. The molecule has 0 saturated carbocycles. The van der Waals surface area contributed by atoms with Gasteiger partial charge in [0.25, 0.3) is 5.91 Å². The number of likely N-dealkylation sites (tertiary alicyclic amines) is 1. The van der Waals surface area contributed by atoms with Crippen LogP contribution in [-0.4, -0.2) is 34.8 Å². The zero-order chi connectivity index (χ0) is 25.4. The van der Waals surface area contributed by atoms with Gasteiger partial charge in [-0.15, -0.1) is 0 Å². The minimum absolute atomic E-state index is 0.0501. The lowest BCUT2D eigenvalue weighted by Crippen LogP contribution is -2.40. The summed E-state index contributed by atoms with van der Waals surface area (Å²) in [6.07, 6.45) is 3.59. The molecule has 0 aliphatic carbocycles. The normalized spacial score (nSPS) is 16.4. The van der Waals surface area contributed by atoms with Gasteiger partial charge in [-0.05, 0) is 37.1 Å². The van der Waals surface area contributed by atoms with Crippen LogP contribution < -0.4 is 10.1 Å². The molecule has 2 aliphatic rings. The number of carbonyl (C=O) groups is 2. The first-order chi connectivity index (χ1) is 17.3. The third kappa shape index (κ3) is 3.97. The topological polar surface area (TPSA) is 95.3 Å². The van der Waals surface area contributed by atoms with Crippen LogP contribution in [0, 0.1) is 22.7 Å². The number of fused-ring (bicyclic) bond motifs is 2. The van der Waals surface area contributed by atoms with Crippen LogP contribution >= 0.6 is 0 Å². The molecular weight excluding hydrogens is 459 g/mol. The Morgan fingerprint density at radius 1 is 1.11 bits per heavy atom. The molecule has 1 saturated heterocycles. The Kier molecular flexibility index (Phi) is 5.92. The zero-order valence-electron chi connectivity index (χ0n) is 20.0. The first kappa shape index (κ1) is 23.5. The van der Waals surface area contributed by atoms with Crippen LogP contribution in [-0.2, 0) is 4.79 Å². The number of halogens is 1. The predicted octanol–water partition coefficient (Wildman–Crippen LogP) is 4.98. The van der Waals surface area contributed by atoms with E-state index in [9.17, 15) is 14.0 Å². The quantitative estimate of drug-likeness (QED) is 0.416. The smallest absolute Gasteiger partial charge is 0.256 e. The van der Waals surface area contributed by atoms with Crippen molar-refractivity contribution in [2.24, 2.45) is 5.41 Å². The van der Waals surface area contributed by atoms with Crippen LogP contribution in [0.4, 0.5) is 4.39 Å². The molecule has 7 nitrogen and oxygen atoms in total. The van der Waals surface area contributed by atoms with E-state index in [1.165, 1.54) is 12.1 Å². The third-order valence-electron chi connectivity index (χ3n) is 7.00. The van der Waals surface area contributed by atoms with Crippen molar-refractivity contribution in [3.63, 3.8) is 0 Å². The Morgan fingerprint density at radius 3 is 2.58 bits per heavy atom. The Morgan fingerprint density at radius 2 is 1.86 bits per heavy atom. The first-order valence-electron chi connectivity index (χ1n) is 11.9. The van der Waals surface area contributed by atoms with Crippen LogP contribution in [0.15, 0.2) is 54.6 Å². The van der Waals surface area contributed by atoms with Crippen molar-refractivity contribution in [3.05, 3.63) is 77.1 Å². The van der Waals surface area contributed by atoms with Crippen molar-refractivity contribution in [3.8, 4) is 29.1 Å². The Labute approximate surface area is 208 Å². The Balaban J connectivity index is 1.53. The number of nitriles is 1. The van der Waals surface area contributed by atoms with E-state index >= 15 is 0 Å². The minimum Gasteiger partial charge on any atom is -0.438 e. The molecule has 1 fully saturated rings. The summed E-state index contributed by atoms with van der Waals surface area (Å²) in [5, 5.41) is 11.3. The molecule has 2 aromatic carbocycles. The van der Waals surface area contributed by atoms with E-state index in [0.29, 0.717) is 41.5 Å². The van der Waals surface area contributed by atoms with Gasteiger partial charge in [-0.3, -0.25) is 14.9 Å². The van der Waals surface area contributed by atoms with Gasteiger partial charge in [-0.2, -0.15) is 5.26 Å². The Hall–Kier alpha value is -4.25. The molecule has 8 heteroatoms. The highest BCUT2D eigenvalue weighted by molar-refractivity contribution is 5.95. The van der Waals surface area contributed by atoms with Crippen molar-refractivity contribution in [1.29, 1.82) is 5.26 Å². The maximum Gasteiger partial charge on any atom is 0.256 e. The SMILES string of the molecule is CC(C)(C(=O)NC#N)[C@H]1c2ccccc2Oc2nc(-c3ccc(C(=O)N4CCCC4)c(F)c3)ccc21. The number of pyridine rings is 1. The average Bonchev–Trinajstić information content (AvgIpc) is 3.41. The molecule has 0 spiro atoms. The number of benzene rings is 2. The molecular formula is C28H25FN4O3. The molecule has 182 valence electrons. The van der Waals surface area contributed by atoms with Gasteiger partial charge >= 0.3 is 0 Å². The van der Waals surface area contributed by atoms with Gasteiger partial charge in [0, 0.05) is 35.7 Å². The summed E-state index contributed by atoms with van der Waals surface area (Å²) in [5.74, 6) is -0.855. The third-order valence-corrected chi connectivity index (χ3v) is 7.00. The molecule has 0 radical (unpaired) electrons. The van der Waals surface area contributed by atoms with E-state index in [2.05, 4.69) is 10.3 Å². The van der Waals surface area contributed by atoms with Crippen molar-refractivity contribution >= 4 is 11.8 Å². The van der Waals surface area contributed by atoms with Gasteiger partial charge in [-0.25, -0.2) is 9.37 Å². The van der Waals surface area contributed by atoms with Crippen molar-refractivity contribution in [2.45, 2.75) is 32.6 Å². The van der Waals surface area contributed by atoms with Crippen LogP contribution in [0.1, 0.15) is 54.1 Å². The molecule has 3 heterocycles. The largest absolute Gasteiger partial charge is 0.438 e. The fourth-order valence-corrected chi connectivity index (χ4v) is 5.06. The number of para-hydroxylation sites is 1. The summed E-state index contributed by atoms with van der Waals surface area (Å²) < 4.78 is 21.1. The molecule has 0 unspecified atom stereocenters. The second-order valence-corrected chi connectivity index (χ2v) is 9.65. The second kappa shape index (κ2) is 9.08. The molecule has 1 N–H and O–H groups in total. The zero-order valence-corrected chi connectivity index (χ0v) is 20.0. The van der Waals surface area contributed by atoms with Crippen LogP contribution in [0.5, 0.6) is 11.6 Å². The maximum absolute atomic E-state index is 15.0. The minimum atomic E-state index is -0.989. The highest BCUT2D eigenvalue weighted by Crippen LogP contribution is 2.51. The second-order valence-electron chi connectivity index (χ2n) is 9.65. The van der Waals surface area contributed by atoms with Gasteiger partial charge in [0.05, 0.1) is 16.7 Å². The van der Waals surface area contributed by atoms with E-state index in [1.54, 1.807) is 43.1 Å². The fourth-order valence-electron chi connectivity index (χ4n) is 5.06. The number of ether oxygens (including phenoxy) is 1. The van der Waals surface area contributed by atoms with E-state index in [1.807, 2.05) is 24.3 Å². The molecule has 2 amide bonds. The number of nitrogens with zero attached hydrogens (tertiary/aromatic N) is 3. The van der Waals surface area contributed by atoms with Crippen LogP contribution in [0.2, 0.25) is 0 Å². The van der Waals surface area contributed by atoms with Crippen molar-refractivity contribution in [1.82, 2.24) is 15.2 Å². The Bertz CT molecular complexity index is 1410. The maximum atomic E-state index is 15.0. The molecule has 0 bridgehead atoms. The highest BCUT2D eigenvalue weighted by Gasteiger charge is 2.44. The number of carbonyl (C=O) groups excluding carboxylic acids is 2. The predicted molar refractivity (Wildman–Crippen MR) is 131 cm³/mol. The van der Waals surface area contributed by atoms with Crippen LogP contribution in [0.25, 0.3) is 11.3 Å². The van der Waals surface area contributed by atoms with Gasteiger partial charge in [0.1, 0.15) is 11.6 Å². The number of nitrogens with one attached hydrogen (secondary N) is 1. The molecule has 2 aliphatic heterocycles. The first-order valence-corrected chi connectivity index (χ1v) is 11.9. The molecule has 1 aromatic heterocycles. The van der Waals surface area contributed by atoms with E-state index in [-0.39, 0.29) is 11.5 Å².